The van der Waals surface area contributed by atoms with Crippen molar-refractivity contribution in [3.8, 4) is 5.69 Å². The highest BCUT2D eigenvalue weighted by molar-refractivity contribution is 5.94. The number of anilines is 1. The molecule has 3 aromatic rings. The quantitative estimate of drug-likeness (QED) is 0.686. The number of nitrogens with zero attached hydrogens (tertiary/aromatic N) is 2. The molecule has 1 fully saturated rings. The van der Waals surface area contributed by atoms with E-state index in [0.29, 0.717) is 25.7 Å². The van der Waals surface area contributed by atoms with Crippen LogP contribution in [0.5, 0.6) is 0 Å². The number of carboxylic acids is 1. The second kappa shape index (κ2) is 7.49. The molecule has 0 saturated carbocycles. The number of rotatable bonds is 3. The molecule has 0 amide bonds. The summed E-state index contributed by atoms with van der Waals surface area (Å²) in [5.41, 5.74) is -1.34. The van der Waals surface area contributed by atoms with Crippen molar-refractivity contribution in [3.63, 3.8) is 0 Å². The van der Waals surface area contributed by atoms with Gasteiger partial charge in [-0.2, -0.15) is 0 Å². The van der Waals surface area contributed by atoms with Gasteiger partial charge in [0.15, 0.2) is 0 Å². The molecule has 0 spiro atoms. The van der Waals surface area contributed by atoms with Gasteiger partial charge in [-0.05, 0) is 31.2 Å². The highest BCUT2D eigenvalue weighted by atomic mass is 19.1. The van der Waals surface area contributed by atoms with Crippen LogP contribution in [0.1, 0.15) is 17.3 Å². The Morgan fingerprint density at radius 1 is 1.13 bits per heavy atom. The summed E-state index contributed by atoms with van der Waals surface area (Å²) in [6, 6.07) is 5.30. The first kappa shape index (κ1) is 20.0. The van der Waals surface area contributed by atoms with E-state index < -0.39 is 34.4 Å². The van der Waals surface area contributed by atoms with Gasteiger partial charge < -0.3 is 19.9 Å². The Bertz CT molecular complexity index is 1230. The molecule has 2 N–H and O–H groups in total. The first-order valence-corrected chi connectivity index (χ1v) is 9.32. The van der Waals surface area contributed by atoms with E-state index in [1.165, 1.54) is 6.07 Å². The highest BCUT2D eigenvalue weighted by Gasteiger charge is 2.23. The molecular formula is C21H18F3N3O3. The summed E-state index contributed by atoms with van der Waals surface area (Å²) in [5.74, 6) is -3.96. The molecule has 2 heterocycles. The first-order chi connectivity index (χ1) is 14.3. The highest BCUT2D eigenvalue weighted by Crippen LogP contribution is 2.28. The van der Waals surface area contributed by atoms with Crippen LogP contribution < -0.4 is 15.6 Å². The van der Waals surface area contributed by atoms with Crippen molar-refractivity contribution < 1.29 is 23.1 Å². The number of carbonyl (C=O) groups is 1. The summed E-state index contributed by atoms with van der Waals surface area (Å²) in [6.45, 7) is 3.63. The predicted octanol–water partition coefficient (Wildman–Crippen LogP) is 2.90. The van der Waals surface area contributed by atoms with E-state index in [4.69, 9.17) is 0 Å². The lowest BCUT2D eigenvalue weighted by molar-refractivity contribution is 0.0695. The van der Waals surface area contributed by atoms with Gasteiger partial charge in [0.05, 0.1) is 16.9 Å². The van der Waals surface area contributed by atoms with E-state index >= 15 is 0 Å². The van der Waals surface area contributed by atoms with Gasteiger partial charge in [0.25, 0.3) is 0 Å². The van der Waals surface area contributed by atoms with Crippen LogP contribution >= 0.6 is 0 Å². The lowest BCUT2D eigenvalue weighted by atomic mass is 10.1. The molecule has 0 unspecified atom stereocenters. The van der Waals surface area contributed by atoms with E-state index in [1.54, 1.807) is 4.90 Å². The standard InChI is InChI=1S/C21H18F3N3O3/c1-11-9-26(5-4-25-11)19-8-18-13(7-16(19)24)20(28)14(21(29)30)10-27(18)17-3-2-12(22)6-15(17)23/h2-3,6-8,10-11,25H,4-5,9H2,1H3,(H,29,30)/t11-/m0/s1. The Morgan fingerprint density at radius 2 is 1.87 bits per heavy atom. The van der Waals surface area contributed by atoms with Gasteiger partial charge >= 0.3 is 5.97 Å². The van der Waals surface area contributed by atoms with Gasteiger partial charge in [-0.3, -0.25) is 4.79 Å². The van der Waals surface area contributed by atoms with Crippen molar-refractivity contribution in [2.75, 3.05) is 24.5 Å². The third-order valence-electron chi connectivity index (χ3n) is 5.18. The minimum absolute atomic E-state index is 0.111. The van der Waals surface area contributed by atoms with Crippen LogP contribution in [0.2, 0.25) is 0 Å². The SMILES string of the molecule is C[C@H]1CN(c2cc3c(cc2F)c(=O)c(C(=O)O)cn3-c2ccc(F)cc2F)CCN1. The number of halogens is 3. The van der Waals surface area contributed by atoms with Crippen molar-refractivity contribution in [2.24, 2.45) is 0 Å². The molecule has 2 aromatic carbocycles. The summed E-state index contributed by atoms with van der Waals surface area (Å²) in [5, 5.41) is 12.4. The number of pyridine rings is 1. The Labute approximate surface area is 169 Å². The minimum Gasteiger partial charge on any atom is -0.477 e. The molecule has 1 atom stereocenters. The van der Waals surface area contributed by atoms with Crippen LogP contribution in [-0.4, -0.2) is 41.3 Å². The zero-order chi connectivity index (χ0) is 21.6. The normalized spacial score (nSPS) is 16.8. The fraction of sp³-hybridized carbons (Fsp3) is 0.238. The number of aromatic carboxylic acids is 1. The average Bonchev–Trinajstić information content (AvgIpc) is 2.68. The van der Waals surface area contributed by atoms with Crippen LogP contribution in [0, 0.1) is 17.5 Å². The molecule has 0 bridgehead atoms. The minimum atomic E-state index is -1.53. The number of aromatic nitrogens is 1. The summed E-state index contributed by atoms with van der Waals surface area (Å²) in [4.78, 5) is 26.0. The molecule has 156 valence electrons. The van der Waals surface area contributed by atoms with E-state index in [2.05, 4.69) is 5.32 Å². The molecule has 1 aliphatic rings. The maximum atomic E-state index is 14.9. The maximum absolute atomic E-state index is 14.9. The Morgan fingerprint density at radius 3 is 2.53 bits per heavy atom. The Kier molecular flexibility index (Phi) is 4.98. The summed E-state index contributed by atoms with van der Waals surface area (Å²) >= 11 is 0. The molecule has 1 aromatic heterocycles. The number of hydrogen-bond donors (Lipinski definition) is 2. The molecule has 4 rings (SSSR count). The largest absolute Gasteiger partial charge is 0.477 e. The monoisotopic (exact) mass is 417 g/mol. The van der Waals surface area contributed by atoms with Crippen molar-refractivity contribution in [1.82, 2.24) is 9.88 Å². The zero-order valence-electron chi connectivity index (χ0n) is 16.0. The molecule has 0 aliphatic carbocycles. The van der Waals surface area contributed by atoms with Crippen molar-refractivity contribution >= 4 is 22.6 Å². The van der Waals surface area contributed by atoms with Crippen molar-refractivity contribution in [3.05, 3.63) is 69.8 Å². The lowest BCUT2D eigenvalue weighted by Gasteiger charge is -2.34. The molecule has 9 heteroatoms. The fourth-order valence-corrected chi connectivity index (χ4v) is 3.76. The second-order valence-electron chi connectivity index (χ2n) is 7.26. The molecule has 30 heavy (non-hydrogen) atoms. The number of fused-ring (bicyclic) bond motifs is 1. The van der Waals surface area contributed by atoms with Crippen LogP contribution in [0.4, 0.5) is 18.9 Å². The van der Waals surface area contributed by atoms with E-state index in [1.807, 2.05) is 6.92 Å². The second-order valence-corrected chi connectivity index (χ2v) is 7.26. The topological polar surface area (TPSA) is 74.6 Å². The van der Waals surface area contributed by atoms with E-state index in [0.717, 1.165) is 29.0 Å². The summed E-state index contributed by atoms with van der Waals surface area (Å²) in [6.07, 6.45) is 0.978. The zero-order valence-corrected chi connectivity index (χ0v) is 16.0. The fourth-order valence-electron chi connectivity index (χ4n) is 3.76. The third-order valence-corrected chi connectivity index (χ3v) is 5.18. The van der Waals surface area contributed by atoms with Gasteiger partial charge in [-0.1, -0.05) is 0 Å². The average molecular weight is 417 g/mol. The lowest BCUT2D eigenvalue weighted by Crippen LogP contribution is -2.49. The number of benzene rings is 2. The Hall–Kier alpha value is -3.33. The van der Waals surface area contributed by atoms with E-state index in [-0.39, 0.29) is 28.3 Å². The smallest absolute Gasteiger partial charge is 0.341 e. The first-order valence-electron chi connectivity index (χ1n) is 9.32. The molecule has 0 radical (unpaired) electrons. The number of hydrogen-bond acceptors (Lipinski definition) is 4. The molecular weight excluding hydrogens is 399 g/mol. The summed E-state index contributed by atoms with van der Waals surface area (Å²) in [7, 11) is 0. The number of carboxylic acid groups (broad SMARTS) is 1. The van der Waals surface area contributed by atoms with Gasteiger partial charge in [0, 0.05) is 43.3 Å². The maximum Gasteiger partial charge on any atom is 0.341 e. The van der Waals surface area contributed by atoms with Crippen LogP contribution in [-0.2, 0) is 0 Å². The van der Waals surface area contributed by atoms with Crippen LogP contribution in [0.3, 0.4) is 0 Å². The van der Waals surface area contributed by atoms with Crippen molar-refractivity contribution in [2.45, 2.75) is 13.0 Å². The van der Waals surface area contributed by atoms with Crippen LogP contribution in [0.15, 0.2) is 41.3 Å². The molecule has 1 aliphatic heterocycles. The van der Waals surface area contributed by atoms with E-state index in [9.17, 15) is 27.9 Å². The van der Waals surface area contributed by atoms with Gasteiger partial charge in [-0.25, -0.2) is 18.0 Å². The molecule has 1 saturated heterocycles. The predicted molar refractivity (Wildman–Crippen MR) is 106 cm³/mol. The van der Waals surface area contributed by atoms with Crippen molar-refractivity contribution in [1.29, 1.82) is 0 Å². The van der Waals surface area contributed by atoms with Gasteiger partial charge in [0.2, 0.25) is 5.43 Å². The molecule has 6 nitrogen and oxygen atoms in total. The van der Waals surface area contributed by atoms with Gasteiger partial charge in [0.1, 0.15) is 23.0 Å². The van der Waals surface area contributed by atoms with Gasteiger partial charge in [-0.15, -0.1) is 0 Å². The van der Waals surface area contributed by atoms with Crippen LogP contribution in [0.25, 0.3) is 16.6 Å². The third kappa shape index (κ3) is 3.41. The Balaban J connectivity index is 2.03. The number of nitrogens with one attached hydrogen (secondary N) is 1. The number of piperazine rings is 1. The summed E-state index contributed by atoms with van der Waals surface area (Å²) < 4.78 is 44.0.